The van der Waals surface area contributed by atoms with Gasteiger partial charge in [0.05, 0.1) is 23.0 Å². The zero-order valence-corrected chi connectivity index (χ0v) is 13.9. The van der Waals surface area contributed by atoms with Crippen molar-refractivity contribution < 1.29 is 22.8 Å². The third-order valence-electron chi connectivity index (χ3n) is 3.59. The minimum absolute atomic E-state index is 0.140. The molecule has 0 bridgehead atoms. The fraction of sp³-hybridized carbons (Fsp3) is 0.267. The highest BCUT2D eigenvalue weighted by molar-refractivity contribution is 7.89. The van der Waals surface area contributed by atoms with Gasteiger partial charge in [0.15, 0.2) is 0 Å². The summed E-state index contributed by atoms with van der Waals surface area (Å²) in [5.41, 5.74) is -0.140. The minimum Gasteiger partial charge on any atom is -0.439 e. The predicted octanol–water partition coefficient (Wildman–Crippen LogP) is 1.80. The first-order chi connectivity index (χ1) is 12.0. The molecule has 3 rings (SSSR count). The number of morpholine rings is 1. The van der Waals surface area contributed by atoms with Crippen LogP contribution >= 0.6 is 0 Å². The average Bonchev–Trinajstić information content (AvgIpc) is 2.63. The molecule has 2 heterocycles. The second-order valence-electron chi connectivity index (χ2n) is 5.20. The Balaban J connectivity index is 1.72. The first-order valence-electron chi connectivity index (χ1n) is 7.43. The monoisotopic (exact) mass is 365 g/mol. The van der Waals surface area contributed by atoms with Crippen LogP contribution in [0.15, 0.2) is 47.5 Å². The van der Waals surface area contributed by atoms with E-state index in [2.05, 4.69) is 4.98 Å². The molecule has 2 aromatic rings. The molecule has 0 radical (unpaired) electrons. The van der Waals surface area contributed by atoms with Gasteiger partial charge in [-0.25, -0.2) is 13.4 Å². The van der Waals surface area contributed by atoms with Gasteiger partial charge in [-0.1, -0.05) is 0 Å². The molecule has 1 aromatic carbocycles. The van der Waals surface area contributed by atoms with Crippen molar-refractivity contribution in [1.29, 1.82) is 0 Å². The SMILES string of the molecule is O=[N+]([O-])c1ccc(Oc2ccc(S(=O)(=O)N3CCOCC3)cc2)nc1. The lowest BCUT2D eigenvalue weighted by Crippen LogP contribution is -2.40. The summed E-state index contributed by atoms with van der Waals surface area (Å²) in [4.78, 5) is 14.0. The van der Waals surface area contributed by atoms with Crippen LogP contribution in [0.5, 0.6) is 11.6 Å². The largest absolute Gasteiger partial charge is 0.439 e. The Labute approximate surface area is 144 Å². The lowest BCUT2D eigenvalue weighted by Gasteiger charge is -2.26. The van der Waals surface area contributed by atoms with Gasteiger partial charge in [-0.2, -0.15) is 4.31 Å². The highest BCUT2D eigenvalue weighted by atomic mass is 32.2. The average molecular weight is 365 g/mol. The number of hydrogen-bond donors (Lipinski definition) is 0. The third kappa shape index (κ3) is 3.92. The van der Waals surface area contributed by atoms with Crippen LogP contribution in [-0.2, 0) is 14.8 Å². The number of sulfonamides is 1. The van der Waals surface area contributed by atoms with Gasteiger partial charge in [0.2, 0.25) is 15.9 Å². The Morgan fingerprint density at radius 1 is 1.12 bits per heavy atom. The summed E-state index contributed by atoms with van der Waals surface area (Å²) in [6, 6.07) is 8.57. The molecule has 1 aromatic heterocycles. The van der Waals surface area contributed by atoms with Crippen LogP contribution in [0, 0.1) is 10.1 Å². The zero-order chi connectivity index (χ0) is 17.9. The summed E-state index contributed by atoms with van der Waals surface area (Å²) in [6.45, 7) is 1.42. The summed E-state index contributed by atoms with van der Waals surface area (Å²) in [6.07, 6.45) is 1.09. The summed E-state index contributed by atoms with van der Waals surface area (Å²) in [7, 11) is -3.56. The van der Waals surface area contributed by atoms with Crippen molar-refractivity contribution in [2.24, 2.45) is 0 Å². The Morgan fingerprint density at radius 2 is 1.80 bits per heavy atom. The molecule has 1 fully saturated rings. The van der Waals surface area contributed by atoms with E-state index in [9.17, 15) is 18.5 Å². The fourth-order valence-corrected chi connectivity index (χ4v) is 3.69. The maximum Gasteiger partial charge on any atom is 0.287 e. The Hall–Kier alpha value is -2.56. The van der Waals surface area contributed by atoms with Crippen molar-refractivity contribution in [3.63, 3.8) is 0 Å². The first kappa shape index (κ1) is 17.3. The molecule has 0 aliphatic carbocycles. The van der Waals surface area contributed by atoms with Crippen LogP contribution in [0.4, 0.5) is 5.69 Å². The quantitative estimate of drug-likeness (QED) is 0.586. The molecule has 0 spiro atoms. The molecule has 0 saturated carbocycles. The van der Waals surface area contributed by atoms with Crippen molar-refractivity contribution in [3.05, 3.63) is 52.7 Å². The summed E-state index contributed by atoms with van der Waals surface area (Å²) in [5, 5.41) is 10.6. The van der Waals surface area contributed by atoms with E-state index in [1.54, 1.807) is 0 Å². The van der Waals surface area contributed by atoms with E-state index in [1.807, 2.05) is 0 Å². The Kier molecular flexibility index (Phi) is 4.93. The molecule has 9 nitrogen and oxygen atoms in total. The molecular formula is C15H15N3O6S. The van der Waals surface area contributed by atoms with Crippen LogP contribution in [0.1, 0.15) is 0 Å². The number of nitro groups is 1. The Bertz CT molecular complexity index is 846. The van der Waals surface area contributed by atoms with Crippen molar-refractivity contribution >= 4 is 15.7 Å². The molecule has 0 amide bonds. The van der Waals surface area contributed by atoms with E-state index in [-0.39, 0.29) is 16.5 Å². The molecule has 10 heteroatoms. The molecule has 0 unspecified atom stereocenters. The normalized spacial score (nSPS) is 15.7. The van der Waals surface area contributed by atoms with Gasteiger partial charge in [0, 0.05) is 25.2 Å². The molecule has 1 saturated heterocycles. The smallest absolute Gasteiger partial charge is 0.287 e. The van der Waals surface area contributed by atoms with Crippen LogP contribution in [-0.4, -0.2) is 48.9 Å². The number of aromatic nitrogens is 1. The highest BCUT2D eigenvalue weighted by Gasteiger charge is 2.26. The van der Waals surface area contributed by atoms with Gasteiger partial charge in [0.25, 0.3) is 5.69 Å². The number of pyridine rings is 1. The van der Waals surface area contributed by atoms with E-state index >= 15 is 0 Å². The van der Waals surface area contributed by atoms with E-state index in [1.165, 1.54) is 40.7 Å². The molecular weight excluding hydrogens is 350 g/mol. The maximum absolute atomic E-state index is 12.5. The second-order valence-corrected chi connectivity index (χ2v) is 7.14. The van der Waals surface area contributed by atoms with Gasteiger partial charge in [-0.15, -0.1) is 0 Å². The van der Waals surface area contributed by atoms with Crippen LogP contribution in [0.25, 0.3) is 0 Å². The molecule has 0 N–H and O–H groups in total. The third-order valence-corrected chi connectivity index (χ3v) is 5.50. The number of benzene rings is 1. The molecule has 25 heavy (non-hydrogen) atoms. The van der Waals surface area contributed by atoms with Gasteiger partial charge < -0.3 is 9.47 Å². The van der Waals surface area contributed by atoms with Crippen molar-refractivity contribution in [2.45, 2.75) is 4.90 Å². The van der Waals surface area contributed by atoms with Crippen LogP contribution < -0.4 is 4.74 Å². The fourth-order valence-electron chi connectivity index (χ4n) is 2.28. The topological polar surface area (TPSA) is 112 Å². The van der Waals surface area contributed by atoms with Gasteiger partial charge >= 0.3 is 0 Å². The van der Waals surface area contributed by atoms with E-state index in [4.69, 9.17) is 9.47 Å². The van der Waals surface area contributed by atoms with Crippen LogP contribution in [0.3, 0.4) is 0 Å². The lowest BCUT2D eigenvalue weighted by molar-refractivity contribution is -0.385. The molecule has 132 valence electrons. The Morgan fingerprint density at radius 3 is 2.36 bits per heavy atom. The summed E-state index contributed by atoms with van der Waals surface area (Å²) >= 11 is 0. The zero-order valence-electron chi connectivity index (χ0n) is 13.1. The van der Waals surface area contributed by atoms with E-state index in [0.29, 0.717) is 32.1 Å². The first-order valence-corrected chi connectivity index (χ1v) is 8.87. The highest BCUT2D eigenvalue weighted by Crippen LogP contribution is 2.24. The predicted molar refractivity (Wildman–Crippen MR) is 87.0 cm³/mol. The number of ether oxygens (including phenoxy) is 2. The second kappa shape index (κ2) is 7.13. The van der Waals surface area contributed by atoms with E-state index in [0.717, 1.165) is 6.20 Å². The van der Waals surface area contributed by atoms with Crippen molar-refractivity contribution in [3.8, 4) is 11.6 Å². The lowest BCUT2D eigenvalue weighted by atomic mass is 10.3. The van der Waals surface area contributed by atoms with Gasteiger partial charge in [-0.3, -0.25) is 10.1 Å². The minimum atomic E-state index is -3.56. The van der Waals surface area contributed by atoms with Crippen LogP contribution in [0.2, 0.25) is 0 Å². The maximum atomic E-state index is 12.5. The standard InChI is InChI=1S/C15H15N3O6S/c19-18(20)12-1-6-15(16-11-12)24-13-2-4-14(5-3-13)25(21,22)17-7-9-23-10-8-17/h1-6,11H,7-10H2. The molecule has 1 aliphatic rings. The summed E-state index contributed by atoms with van der Waals surface area (Å²) < 4.78 is 37.0. The number of hydrogen-bond acceptors (Lipinski definition) is 7. The summed E-state index contributed by atoms with van der Waals surface area (Å²) in [5.74, 6) is 0.552. The van der Waals surface area contributed by atoms with Crippen molar-refractivity contribution in [1.82, 2.24) is 9.29 Å². The molecule has 0 atom stereocenters. The van der Waals surface area contributed by atoms with Gasteiger partial charge in [-0.05, 0) is 24.3 Å². The van der Waals surface area contributed by atoms with Gasteiger partial charge in [0.1, 0.15) is 11.9 Å². The van der Waals surface area contributed by atoms with E-state index < -0.39 is 14.9 Å². The number of nitrogens with zero attached hydrogens (tertiary/aromatic N) is 3. The number of rotatable bonds is 5. The molecule has 1 aliphatic heterocycles. The van der Waals surface area contributed by atoms with Crippen molar-refractivity contribution in [2.75, 3.05) is 26.3 Å².